The van der Waals surface area contributed by atoms with Crippen molar-refractivity contribution in [2.75, 3.05) is 13.1 Å². The molecule has 0 bridgehead atoms. The van der Waals surface area contributed by atoms with Crippen LogP contribution in [0.25, 0.3) is 0 Å². The summed E-state index contributed by atoms with van der Waals surface area (Å²) in [7, 11) is 0. The minimum absolute atomic E-state index is 0.543. The minimum atomic E-state index is -0.543. The van der Waals surface area contributed by atoms with Crippen molar-refractivity contribution in [3.05, 3.63) is 0 Å². The Kier molecular flexibility index (Phi) is 6.46. The van der Waals surface area contributed by atoms with Crippen molar-refractivity contribution in [1.29, 1.82) is 0 Å². The van der Waals surface area contributed by atoms with Gasteiger partial charge in [0.15, 0.2) is 0 Å². The molecule has 0 aromatic rings. The Morgan fingerprint density at radius 1 is 1.07 bits per heavy atom. The zero-order valence-corrected chi connectivity index (χ0v) is 11.3. The standard InChI is InChI=1S/C13H29NO/c1-10(2)12(11(3)4)9-14-8-7-13(5,6)15/h10-12,14-15H,7-9H2,1-6H3. The molecule has 0 rings (SSSR count). The number of nitrogens with one attached hydrogen (secondary N) is 1. The molecule has 0 aliphatic heterocycles. The summed E-state index contributed by atoms with van der Waals surface area (Å²) in [6.45, 7) is 14.8. The first-order valence-corrected chi connectivity index (χ1v) is 6.17. The minimum Gasteiger partial charge on any atom is -0.390 e. The first-order valence-electron chi connectivity index (χ1n) is 6.17. The maximum Gasteiger partial charge on any atom is 0.0603 e. The third-order valence-electron chi connectivity index (χ3n) is 3.01. The van der Waals surface area contributed by atoms with E-state index in [4.69, 9.17) is 0 Å². The Balaban J connectivity index is 3.73. The fraction of sp³-hybridized carbons (Fsp3) is 1.00. The van der Waals surface area contributed by atoms with Gasteiger partial charge in [0.25, 0.3) is 0 Å². The first kappa shape index (κ1) is 14.9. The molecule has 0 atom stereocenters. The van der Waals surface area contributed by atoms with Crippen molar-refractivity contribution in [3.63, 3.8) is 0 Å². The van der Waals surface area contributed by atoms with E-state index in [2.05, 4.69) is 33.0 Å². The van der Waals surface area contributed by atoms with Gasteiger partial charge < -0.3 is 10.4 Å². The number of hydrogen-bond acceptors (Lipinski definition) is 2. The van der Waals surface area contributed by atoms with Crippen LogP contribution in [0.3, 0.4) is 0 Å². The molecule has 0 fully saturated rings. The topological polar surface area (TPSA) is 32.3 Å². The molecule has 0 aromatic carbocycles. The Bertz CT molecular complexity index is 150. The molecular formula is C13H29NO. The second-order valence-electron chi connectivity index (χ2n) is 5.92. The number of rotatable bonds is 7. The van der Waals surface area contributed by atoms with Gasteiger partial charge in [-0.05, 0) is 51.1 Å². The summed E-state index contributed by atoms with van der Waals surface area (Å²) in [5, 5.41) is 13.0. The molecule has 0 saturated carbocycles. The van der Waals surface area contributed by atoms with E-state index in [9.17, 15) is 5.11 Å². The molecule has 15 heavy (non-hydrogen) atoms. The van der Waals surface area contributed by atoms with Crippen LogP contribution in [0.15, 0.2) is 0 Å². The van der Waals surface area contributed by atoms with Gasteiger partial charge >= 0.3 is 0 Å². The highest BCUT2D eigenvalue weighted by Gasteiger charge is 2.17. The quantitative estimate of drug-likeness (QED) is 0.640. The van der Waals surface area contributed by atoms with Gasteiger partial charge in [-0.3, -0.25) is 0 Å². The van der Waals surface area contributed by atoms with Crippen LogP contribution in [0.2, 0.25) is 0 Å². The second kappa shape index (κ2) is 6.49. The van der Waals surface area contributed by atoms with E-state index in [1.165, 1.54) is 0 Å². The van der Waals surface area contributed by atoms with Gasteiger partial charge in [-0.15, -0.1) is 0 Å². The SMILES string of the molecule is CC(C)C(CNCCC(C)(C)O)C(C)C. The molecule has 0 aromatic heterocycles. The van der Waals surface area contributed by atoms with E-state index < -0.39 is 5.60 Å². The van der Waals surface area contributed by atoms with E-state index in [0.29, 0.717) is 0 Å². The monoisotopic (exact) mass is 215 g/mol. The van der Waals surface area contributed by atoms with Crippen LogP contribution in [0.4, 0.5) is 0 Å². The molecular weight excluding hydrogens is 186 g/mol. The largest absolute Gasteiger partial charge is 0.390 e. The van der Waals surface area contributed by atoms with Crippen molar-refractivity contribution in [3.8, 4) is 0 Å². The maximum atomic E-state index is 9.56. The van der Waals surface area contributed by atoms with Crippen LogP contribution in [-0.2, 0) is 0 Å². The zero-order chi connectivity index (χ0) is 12.1. The highest BCUT2D eigenvalue weighted by atomic mass is 16.3. The van der Waals surface area contributed by atoms with Crippen LogP contribution in [0, 0.1) is 17.8 Å². The lowest BCUT2D eigenvalue weighted by molar-refractivity contribution is 0.0705. The van der Waals surface area contributed by atoms with Gasteiger partial charge in [0.05, 0.1) is 5.60 Å². The van der Waals surface area contributed by atoms with Crippen LogP contribution < -0.4 is 5.32 Å². The Labute approximate surface area is 95.5 Å². The van der Waals surface area contributed by atoms with Crippen LogP contribution in [0.1, 0.15) is 48.0 Å². The van der Waals surface area contributed by atoms with Crippen molar-refractivity contribution in [2.24, 2.45) is 17.8 Å². The summed E-state index contributed by atoms with van der Waals surface area (Å²) < 4.78 is 0. The molecule has 0 saturated heterocycles. The molecule has 0 aliphatic rings. The molecule has 0 heterocycles. The average molecular weight is 215 g/mol. The van der Waals surface area contributed by atoms with Gasteiger partial charge in [-0.2, -0.15) is 0 Å². The highest BCUT2D eigenvalue weighted by molar-refractivity contribution is 4.71. The van der Waals surface area contributed by atoms with Gasteiger partial charge in [-0.25, -0.2) is 0 Å². The summed E-state index contributed by atoms with van der Waals surface area (Å²) in [6.07, 6.45) is 0.815. The summed E-state index contributed by atoms with van der Waals surface area (Å²) >= 11 is 0. The molecule has 2 N–H and O–H groups in total. The predicted molar refractivity (Wildman–Crippen MR) is 67.0 cm³/mol. The number of aliphatic hydroxyl groups is 1. The molecule has 0 unspecified atom stereocenters. The van der Waals surface area contributed by atoms with Crippen LogP contribution in [0.5, 0.6) is 0 Å². The molecule has 2 nitrogen and oxygen atoms in total. The summed E-state index contributed by atoms with van der Waals surface area (Å²) in [5.41, 5.74) is -0.543. The summed E-state index contributed by atoms with van der Waals surface area (Å²) in [5.74, 6) is 2.17. The van der Waals surface area contributed by atoms with Gasteiger partial charge in [-0.1, -0.05) is 27.7 Å². The van der Waals surface area contributed by atoms with E-state index in [1.807, 2.05) is 13.8 Å². The van der Waals surface area contributed by atoms with Gasteiger partial charge in [0.1, 0.15) is 0 Å². The lowest BCUT2D eigenvalue weighted by Gasteiger charge is -2.26. The fourth-order valence-corrected chi connectivity index (χ4v) is 1.90. The van der Waals surface area contributed by atoms with E-state index in [-0.39, 0.29) is 0 Å². The lowest BCUT2D eigenvalue weighted by Crippen LogP contribution is -2.33. The third kappa shape index (κ3) is 7.80. The van der Waals surface area contributed by atoms with E-state index in [1.54, 1.807) is 0 Å². The molecule has 0 aliphatic carbocycles. The van der Waals surface area contributed by atoms with E-state index >= 15 is 0 Å². The van der Waals surface area contributed by atoms with Crippen LogP contribution in [-0.4, -0.2) is 23.8 Å². The van der Waals surface area contributed by atoms with Crippen molar-refractivity contribution < 1.29 is 5.11 Å². The first-order chi connectivity index (χ1) is 6.74. The Morgan fingerprint density at radius 2 is 1.53 bits per heavy atom. The Hall–Kier alpha value is -0.0800. The fourth-order valence-electron chi connectivity index (χ4n) is 1.90. The van der Waals surface area contributed by atoms with Gasteiger partial charge in [0.2, 0.25) is 0 Å². The molecule has 92 valence electrons. The molecule has 0 radical (unpaired) electrons. The van der Waals surface area contributed by atoms with Gasteiger partial charge in [0, 0.05) is 0 Å². The average Bonchev–Trinajstić information content (AvgIpc) is 2.00. The highest BCUT2D eigenvalue weighted by Crippen LogP contribution is 2.19. The van der Waals surface area contributed by atoms with Crippen LogP contribution >= 0.6 is 0 Å². The predicted octanol–water partition coefficient (Wildman–Crippen LogP) is 2.67. The van der Waals surface area contributed by atoms with Crippen molar-refractivity contribution in [1.82, 2.24) is 5.32 Å². The lowest BCUT2D eigenvalue weighted by atomic mass is 9.85. The van der Waals surface area contributed by atoms with Crippen molar-refractivity contribution in [2.45, 2.75) is 53.6 Å². The molecule has 0 spiro atoms. The summed E-state index contributed by atoms with van der Waals surface area (Å²) in [6, 6.07) is 0. The Morgan fingerprint density at radius 3 is 1.87 bits per heavy atom. The zero-order valence-electron chi connectivity index (χ0n) is 11.3. The number of hydrogen-bond donors (Lipinski definition) is 2. The smallest absolute Gasteiger partial charge is 0.0603 e. The molecule has 0 amide bonds. The second-order valence-corrected chi connectivity index (χ2v) is 5.92. The molecule has 2 heteroatoms. The normalized spacial score (nSPS) is 13.2. The maximum absolute atomic E-state index is 9.56. The third-order valence-corrected chi connectivity index (χ3v) is 3.01. The van der Waals surface area contributed by atoms with Crippen molar-refractivity contribution >= 4 is 0 Å². The summed E-state index contributed by atoms with van der Waals surface area (Å²) in [4.78, 5) is 0. The van der Waals surface area contributed by atoms with E-state index in [0.717, 1.165) is 37.3 Å².